The molecule has 0 bridgehead atoms. The molecule has 0 aromatic heterocycles. The van der Waals surface area contributed by atoms with Crippen LogP contribution in [-0.2, 0) is 0 Å². The number of hydrogen-bond donors (Lipinski definition) is 1. The Morgan fingerprint density at radius 3 is 2.80 bits per heavy atom. The highest BCUT2D eigenvalue weighted by atomic mass is 32.2. The molecule has 1 aromatic carbocycles. The molecule has 108 valence electrons. The Labute approximate surface area is 131 Å². The third-order valence-electron chi connectivity index (χ3n) is 4.83. The molecule has 0 aliphatic carbocycles. The van der Waals surface area contributed by atoms with Crippen molar-refractivity contribution < 1.29 is 0 Å². The van der Waals surface area contributed by atoms with Crippen molar-refractivity contribution >= 4 is 29.0 Å². The van der Waals surface area contributed by atoms with E-state index in [1.165, 1.54) is 17.2 Å². The summed E-state index contributed by atoms with van der Waals surface area (Å²) >= 11 is 7.22. The van der Waals surface area contributed by atoms with E-state index in [0.29, 0.717) is 10.9 Å². The smallest absolute Gasteiger partial charge is 0.0788 e. The second-order valence-electron chi connectivity index (χ2n) is 6.27. The summed E-state index contributed by atoms with van der Waals surface area (Å²) in [7, 11) is 0. The number of piperidine rings is 1. The predicted molar refractivity (Wildman–Crippen MR) is 90.5 cm³/mol. The van der Waals surface area contributed by atoms with Crippen LogP contribution in [-0.4, -0.2) is 35.3 Å². The van der Waals surface area contributed by atoms with Crippen molar-refractivity contribution in [2.24, 2.45) is 11.1 Å². The number of thioether (sulfide) groups is 1. The summed E-state index contributed by atoms with van der Waals surface area (Å²) in [6, 6.07) is 8.85. The fraction of sp³-hybridized carbons (Fsp3) is 0.562. The van der Waals surface area contributed by atoms with E-state index < -0.39 is 0 Å². The van der Waals surface area contributed by atoms with Crippen molar-refractivity contribution in [3.8, 4) is 0 Å². The van der Waals surface area contributed by atoms with Gasteiger partial charge in [-0.3, -0.25) is 0 Å². The largest absolute Gasteiger partial charge is 0.393 e. The second kappa shape index (κ2) is 5.66. The Hall–Kier alpha value is -0.580. The number of nitrogens with two attached hydrogens (primary N) is 1. The zero-order valence-electron chi connectivity index (χ0n) is 12.0. The van der Waals surface area contributed by atoms with Gasteiger partial charge in [0.25, 0.3) is 0 Å². The standard InChI is InChI=1S/C16H22N2S2/c1-16(15(17)19)6-8-18(9-7-16)10-12-11-20-14-5-3-2-4-13(12)14/h2-5,12H,6-11H2,1H3,(H2,17,19). The summed E-state index contributed by atoms with van der Waals surface area (Å²) in [4.78, 5) is 4.76. The zero-order chi connectivity index (χ0) is 14.2. The monoisotopic (exact) mass is 306 g/mol. The minimum atomic E-state index is 0.0775. The van der Waals surface area contributed by atoms with Crippen LogP contribution in [0.4, 0.5) is 0 Å². The summed E-state index contributed by atoms with van der Waals surface area (Å²) in [5, 5.41) is 0. The van der Waals surface area contributed by atoms with Gasteiger partial charge in [0.2, 0.25) is 0 Å². The highest BCUT2D eigenvalue weighted by Crippen LogP contribution is 2.40. The van der Waals surface area contributed by atoms with E-state index in [2.05, 4.69) is 36.1 Å². The van der Waals surface area contributed by atoms with Crippen molar-refractivity contribution in [1.29, 1.82) is 0 Å². The summed E-state index contributed by atoms with van der Waals surface area (Å²) in [5.74, 6) is 1.91. The second-order valence-corrected chi connectivity index (χ2v) is 7.77. The summed E-state index contributed by atoms with van der Waals surface area (Å²) in [6.07, 6.45) is 2.20. The number of benzene rings is 1. The molecule has 2 nitrogen and oxygen atoms in total. The molecule has 4 heteroatoms. The number of likely N-dealkylation sites (tertiary alicyclic amines) is 1. The first-order valence-corrected chi connectivity index (χ1v) is 8.72. The topological polar surface area (TPSA) is 29.3 Å². The van der Waals surface area contributed by atoms with E-state index in [0.717, 1.165) is 25.9 Å². The van der Waals surface area contributed by atoms with Crippen LogP contribution in [0.1, 0.15) is 31.2 Å². The molecule has 1 unspecified atom stereocenters. The van der Waals surface area contributed by atoms with E-state index in [1.807, 2.05) is 11.8 Å². The van der Waals surface area contributed by atoms with Crippen molar-refractivity contribution in [3.63, 3.8) is 0 Å². The lowest BCUT2D eigenvalue weighted by molar-refractivity contribution is 0.159. The average molecular weight is 307 g/mol. The number of nitrogens with zero attached hydrogens (tertiary/aromatic N) is 1. The molecule has 1 saturated heterocycles. The van der Waals surface area contributed by atoms with Gasteiger partial charge in [-0.15, -0.1) is 11.8 Å². The molecule has 2 N–H and O–H groups in total. The first kappa shape index (κ1) is 14.4. The van der Waals surface area contributed by atoms with E-state index >= 15 is 0 Å². The lowest BCUT2D eigenvalue weighted by Crippen LogP contribution is -2.45. The van der Waals surface area contributed by atoms with E-state index in [-0.39, 0.29) is 5.41 Å². The van der Waals surface area contributed by atoms with Gasteiger partial charge in [-0.25, -0.2) is 0 Å². The summed E-state index contributed by atoms with van der Waals surface area (Å²) in [5.41, 5.74) is 7.50. The number of hydrogen-bond acceptors (Lipinski definition) is 3. The Bertz CT molecular complexity index is 507. The molecule has 0 spiro atoms. The Balaban J connectivity index is 1.60. The molecule has 1 aromatic rings. The molecule has 0 amide bonds. The maximum absolute atomic E-state index is 5.88. The molecular formula is C16H22N2S2. The minimum Gasteiger partial charge on any atom is -0.393 e. The number of fused-ring (bicyclic) bond motifs is 1. The van der Waals surface area contributed by atoms with Gasteiger partial charge in [-0.05, 0) is 37.6 Å². The number of thiocarbonyl (C=S) groups is 1. The molecule has 1 fully saturated rings. The highest BCUT2D eigenvalue weighted by molar-refractivity contribution is 7.99. The highest BCUT2D eigenvalue weighted by Gasteiger charge is 2.34. The molecule has 0 saturated carbocycles. The van der Waals surface area contributed by atoms with Crippen LogP contribution >= 0.6 is 24.0 Å². The van der Waals surface area contributed by atoms with Crippen LogP contribution in [0.25, 0.3) is 0 Å². The molecule has 2 heterocycles. The van der Waals surface area contributed by atoms with E-state index in [4.69, 9.17) is 18.0 Å². The SMILES string of the molecule is CC1(C(N)=S)CCN(CC2CSc3ccccc32)CC1. The first-order chi connectivity index (χ1) is 9.58. The molecule has 20 heavy (non-hydrogen) atoms. The van der Waals surface area contributed by atoms with E-state index in [1.54, 1.807) is 5.56 Å². The number of rotatable bonds is 3. The fourth-order valence-corrected chi connectivity index (χ4v) is 4.61. The first-order valence-electron chi connectivity index (χ1n) is 7.32. The average Bonchev–Trinajstić information content (AvgIpc) is 2.85. The van der Waals surface area contributed by atoms with E-state index in [9.17, 15) is 0 Å². The lowest BCUT2D eigenvalue weighted by Gasteiger charge is -2.39. The summed E-state index contributed by atoms with van der Waals surface area (Å²) < 4.78 is 0. The van der Waals surface area contributed by atoms with Crippen LogP contribution in [0, 0.1) is 5.41 Å². The maximum atomic E-state index is 5.88. The van der Waals surface area contributed by atoms with Gasteiger partial charge >= 0.3 is 0 Å². The Morgan fingerprint density at radius 1 is 1.40 bits per heavy atom. The molecule has 3 rings (SSSR count). The van der Waals surface area contributed by atoms with Crippen LogP contribution < -0.4 is 5.73 Å². The molecule has 2 aliphatic rings. The van der Waals surface area contributed by atoms with Gasteiger partial charge in [0.1, 0.15) is 0 Å². The van der Waals surface area contributed by atoms with Crippen LogP contribution in [0.5, 0.6) is 0 Å². The van der Waals surface area contributed by atoms with Gasteiger partial charge in [0.15, 0.2) is 0 Å². The minimum absolute atomic E-state index is 0.0775. The van der Waals surface area contributed by atoms with Gasteiger partial charge in [0, 0.05) is 28.5 Å². The van der Waals surface area contributed by atoms with Gasteiger partial charge in [0.05, 0.1) is 4.99 Å². The molecule has 1 atom stereocenters. The van der Waals surface area contributed by atoms with Gasteiger partial charge < -0.3 is 10.6 Å². The van der Waals surface area contributed by atoms with Gasteiger partial charge in [-0.1, -0.05) is 37.3 Å². The third kappa shape index (κ3) is 2.74. The zero-order valence-corrected chi connectivity index (χ0v) is 13.6. The van der Waals surface area contributed by atoms with Gasteiger partial charge in [-0.2, -0.15) is 0 Å². The van der Waals surface area contributed by atoms with Crippen LogP contribution in [0.3, 0.4) is 0 Å². The van der Waals surface area contributed by atoms with Crippen molar-refractivity contribution in [2.75, 3.05) is 25.4 Å². The Morgan fingerprint density at radius 2 is 2.10 bits per heavy atom. The lowest BCUT2D eigenvalue weighted by atomic mass is 9.80. The van der Waals surface area contributed by atoms with Crippen molar-refractivity contribution in [1.82, 2.24) is 4.90 Å². The van der Waals surface area contributed by atoms with Crippen LogP contribution in [0.2, 0.25) is 0 Å². The Kier molecular flexibility index (Phi) is 4.07. The third-order valence-corrected chi connectivity index (χ3v) is 6.58. The predicted octanol–water partition coefficient (Wildman–Crippen LogP) is 3.26. The molecule has 2 aliphatic heterocycles. The molecular weight excluding hydrogens is 284 g/mol. The van der Waals surface area contributed by atoms with Crippen molar-refractivity contribution in [2.45, 2.75) is 30.6 Å². The van der Waals surface area contributed by atoms with Crippen LogP contribution in [0.15, 0.2) is 29.2 Å². The normalized spacial score (nSPS) is 25.4. The fourth-order valence-electron chi connectivity index (χ4n) is 3.17. The summed E-state index contributed by atoms with van der Waals surface area (Å²) in [6.45, 7) is 5.64. The maximum Gasteiger partial charge on any atom is 0.0788 e. The van der Waals surface area contributed by atoms with Crippen molar-refractivity contribution in [3.05, 3.63) is 29.8 Å². The quantitative estimate of drug-likeness (QED) is 0.868. The molecule has 0 radical (unpaired) electrons.